The summed E-state index contributed by atoms with van der Waals surface area (Å²) < 4.78 is 26.0. The van der Waals surface area contributed by atoms with Gasteiger partial charge in [0.2, 0.25) is 15.9 Å². The van der Waals surface area contributed by atoms with Gasteiger partial charge in [0.05, 0.1) is 22.8 Å². The molecule has 1 amide bonds. The van der Waals surface area contributed by atoms with Crippen molar-refractivity contribution >= 4 is 27.3 Å². The molecule has 0 aliphatic carbocycles. The lowest BCUT2D eigenvalue weighted by atomic mass is 10.1. The third-order valence-electron chi connectivity index (χ3n) is 4.82. The van der Waals surface area contributed by atoms with E-state index in [1.807, 2.05) is 19.0 Å². The molecule has 0 spiro atoms. The van der Waals surface area contributed by atoms with Crippen molar-refractivity contribution in [2.45, 2.75) is 37.0 Å². The van der Waals surface area contributed by atoms with Crippen molar-refractivity contribution in [2.24, 2.45) is 0 Å². The topological polar surface area (TPSA) is 73.0 Å². The molecule has 152 valence electrons. The van der Waals surface area contributed by atoms with Crippen molar-refractivity contribution in [1.82, 2.24) is 9.21 Å². The van der Waals surface area contributed by atoms with Crippen LogP contribution in [-0.2, 0) is 14.8 Å². The van der Waals surface area contributed by atoms with Crippen LogP contribution in [0.5, 0.6) is 0 Å². The summed E-state index contributed by atoms with van der Waals surface area (Å²) in [5.74, 6) is -0.113. The first-order valence-electron chi connectivity index (χ1n) is 9.48. The number of sulfonamides is 1. The third kappa shape index (κ3) is 5.92. The number of amides is 1. The molecule has 1 aliphatic rings. The van der Waals surface area contributed by atoms with E-state index in [4.69, 9.17) is 0 Å². The highest BCUT2D eigenvalue weighted by Gasteiger charge is 2.20. The van der Waals surface area contributed by atoms with Gasteiger partial charge < -0.3 is 10.2 Å². The van der Waals surface area contributed by atoms with Crippen LogP contribution in [-0.4, -0.2) is 71.4 Å². The lowest BCUT2D eigenvalue weighted by Gasteiger charge is -2.25. The molecule has 1 fully saturated rings. The first-order chi connectivity index (χ1) is 12.7. The fraction of sp³-hybridized carbons (Fsp3) is 0.632. The second-order valence-electron chi connectivity index (χ2n) is 7.45. The van der Waals surface area contributed by atoms with Crippen molar-refractivity contribution < 1.29 is 13.2 Å². The van der Waals surface area contributed by atoms with E-state index in [1.54, 1.807) is 12.1 Å². The van der Waals surface area contributed by atoms with E-state index in [2.05, 4.69) is 10.2 Å². The SMILES string of the molecule is CN(C)c1ccc(S(=O)(=O)N(C)C)cc1NC(=O)CN1CCCCCCC1. The molecule has 0 aromatic heterocycles. The normalized spacial score (nSPS) is 16.6. The Morgan fingerprint density at radius 1 is 1.04 bits per heavy atom. The summed E-state index contributed by atoms with van der Waals surface area (Å²) in [4.78, 5) is 16.8. The highest BCUT2D eigenvalue weighted by Crippen LogP contribution is 2.28. The first-order valence-corrected chi connectivity index (χ1v) is 10.9. The van der Waals surface area contributed by atoms with Gasteiger partial charge in [0.15, 0.2) is 0 Å². The first kappa shape index (κ1) is 21.7. The Balaban J connectivity index is 2.18. The van der Waals surface area contributed by atoms with E-state index >= 15 is 0 Å². The zero-order chi connectivity index (χ0) is 20.0. The molecule has 1 heterocycles. The molecule has 0 atom stereocenters. The molecule has 0 radical (unpaired) electrons. The Morgan fingerprint density at radius 3 is 2.19 bits per heavy atom. The molecular weight excluding hydrogens is 364 g/mol. The predicted molar refractivity (Wildman–Crippen MR) is 110 cm³/mol. The van der Waals surface area contributed by atoms with Crippen LogP contribution in [0.1, 0.15) is 32.1 Å². The molecule has 1 aromatic rings. The standard InChI is InChI=1S/C19H32N4O3S/c1-21(2)18-11-10-16(27(25,26)22(3)4)14-17(18)20-19(24)15-23-12-8-6-5-7-9-13-23/h10-11,14H,5-9,12-13,15H2,1-4H3,(H,20,24). The zero-order valence-electron chi connectivity index (χ0n) is 16.9. The van der Waals surface area contributed by atoms with E-state index in [9.17, 15) is 13.2 Å². The lowest BCUT2D eigenvalue weighted by molar-refractivity contribution is -0.117. The number of hydrogen-bond acceptors (Lipinski definition) is 5. The highest BCUT2D eigenvalue weighted by molar-refractivity contribution is 7.89. The number of carbonyl (C=O) groups is 1. The fourth-order valence-corrected chi connectivity index (χ4v) is 4.17. The van der Waals surface area contributed by atoms with Gasteiger partial charge in [0.1, 0.15) is 0 Å². The third-order valence-corrected chi connectivity index (χ3v) is 6.63. The average Bonchev–Trinajstić information content (AvgIpc) is 2.56. The van der Waals surface area contributed by atoms with Crippen LogP contribution in [0.25, 0.3) is 0 Å². The molecule has 27 heavy (non-hydrogen) atoms. The molecular formula is C19H32N4O3S. The number of carbonyl (C=O) groups excluding carboxylic acids is 1. The smallest absolute Gasteiger partial charge is 0.242 e. The molecule has 0 unspecified atom stereocenters. The second-order valence-corrected chi connectivity index (χ2v) is 9.60. The molecule has 0 saturated carbocycles. The summed E-state index contributed by atoms with van der Waals surface area (Å²) in [6.45, 7) is 2.20. The van der Waals surface area contributed by atoms with Gasteiger partial charge in [-0.15, -0.1) is 0 Å². The molecule has 1 aromatic carbocycles. The van der Waals surface area contributed by atoms with E-state index in [-0.39, 0.29) is 10.8 Å². The van der Waals surface area contributed by atoms with E-state index < -0.39 is 10.0 Å². The average molecular weight is 397 g/mol. The van der Waals surface area contributed by atoms with Gasteiger partial charge in [-0.2, -0.15) is 0 Å². The monoisotopic (exact) mass is 396 g/mol. The van der Waals surface area contributed by atoms with Crippen molar-refractivity contribution in [3.05, 3.63) is 18.2 Å². The number of benzene rings is 1. The molecule has 1 aliphatic heterocycles. The zero-order valence-corrected chi connectivity index (χ0v) is 17.7. The maximum absolute atomic E-state index is 12.6. The van der Waals surface area contributed by atoms with Gasteiger partial charge in [0.25, 0.3) is 0 Å². The maximum atomic E-state index is 12.6. The maximum Gasteiger partial charge on any atom is 0.242 e. The number of likely N-dealkylation sites (tertiary alicyclic amines) is 1. The van der Waals surface area contributed by atoms with Crippen molar-refractivity contribution in [3.63, 3.8) is 0 Å². The van der Waals surface area contributed by atoms with E-state index in [1.165, 1.54) is 43.7 Å². The molecule has 2 rings (SSSR count). The van der Waals surface area contributed by atoms with Gasteiger partial charge in [-0.25, -0.2) is 12.7 Å². The Bertz CT molecular complexity index is 739. The van der Waals surface area contributed by atoms with Gasteiger partial charge in [-0.3, -0.25) is 9.69 Å². The molecule has 8 heteroatoms. The van der Waals surface area contributed by atoms with Crippen LogP contribution in [0.15, 0.2) is 23.1 Å². The minimum absolute atomic E-state index is 0.113. The quantitative estimate of drug-likeness (QED) is 0.798. The minimum Gasteiger partial charge on any atom is -0.376 e. The Hall–Kier alpha value is -1.64. The highest BCUT2D eigenvalue weighted by atomic mass is 32.2. The van der Waals surface area contributed by atoms with Crippen molar-refractivity contribution in [3.8, 4) is 0 Å². The molecule has 1 saturated heterocycles. The predicted octanol–water partition coefficient (Wildman–Crippen LogP) is 2.21. The summed E-state index contributed by atoms with van der Waals surface area (Å²) in [7, 11) is 3.16. The number of rotatable bonds is 6. The van der Waals surface area contributed by atoms with Gasteiger partial charge in [0, 0.05) is 28.2 Å². The van der Waals surface area contributed by atoms with Gasteiger partial charge >= 0.3 is 0 Å². The van der Waals surface area contributed by atoms with E-state index in [0.717, 1.165) is 31.6 Å². The summed E-state index contributed by atoms with van der Waals surface area (Å²) in [5, 5.41) is 2.92. The number of anilines is 2. The van der Waals surface area contributed by atoms with Crippen LogP contribution in [0, 0.1) is 0 Å². The number of nitrogens with zero attached hydrogens (tertiary/aromatic N) is 3. The van der Waals surface area contributed by atoms with Crippen LogP contribution < -0.4 is 10.2 Å². The fourth-order valence-electron chi connectivity index (χ4n) is 3.24. The van der Waals surface area contributed by atoms with Crippen LogP contribution in [0.2, 0.25) is 0 Å². The van der Waals surface area contributed by atoms with Gasteiger partial charge in [-0.1, -0.05) is 19.3 Å². The Labute approximate surface area is 163 Å². The Morgan fingerprint density at radius 2 is 1.63 bits per heavy atom. The largest absolute Gasteiger partial charge is 0.376 e. The van der Waals surface area contributed by atoms with Crippen molar-refractivity contribution in [2.75, 3.05) is 58.0 Å². The lowest BCUT2D eigenvalue weighted by Crippen LogP contribution is -2.35. The molecule has 0 bridgehead atoms. The van der Waals surface area contributed by atoms with Crippen LogP contribution in [0.4, 0.5) is 11.4 Å². The number of hydrogen-bond donors (Lipinski definition) is 1. The molecule has 1 N–H and O–H groups in total. The molecule has 7 nitrogen and oxygen atoms in total. The number of nitrogens with one attached hydrogen (secondary N) is 1. The summed E-state index contributed by atoms with van der Waals surface area (Å²) in [6, 6.07) is 4.83. The van der Waals surface area contributed by atoms with Gasteiger partial charge in [-0.05, 0) is 44.1 Å². The summed E-state index contributed by atoms with van der Waals surface area (Å²) in [6.07, 6.45) is 5.94. The summed E-state index contributed by atoms with van der Waals surface area (Å²) >= 11 is 0. The minimum atomic E-state index is -3.56. The van der Waals surface area contributed by atoms with Crippen LogP contribution in [0.3, 0.4) is 0 Å². The summed E-state index contributed by atoms with van der Waals surface area (Å²) in [5.41, 5.74) is 1.29. The van der Waals surface area contributed by atoms with Crippen LogP contribution >= 0.6 is 0 Å². The van der Waals surface area contributed by atoms with Crippen molar-refractivity contribution in [1.29, 1.82) is 0 Å². The Kier molecular flexibility index (Phi) is 7.64. The van der Waals surface area contributed by atoms with E-state index in [0.29, 0.717) is 12.2 Å². The second kappa shape index (κ2) is 9.52.